The molecule has 204 valence electrons. The third kappa shape index (κ3) is 7.00. The summed E-state index contributed by atoms with van der Waals surface area (Å²) in [6.07, 6.45) is -2.16. The zero-order valence-electron chi connectivity index (χ0n) is 21.3. The van der Waals surface area contributed by atoms with E-state index in [1.54, 1.807) is 26.8 Å². The Labute approximate surface area is 227 Å². The van der Waals surface area contributed by atoms with Crippen molar-refractivity contribution in [2.75, 3.05) is 0 Å². The van der Waals surface area contributed by atoms with Crippen molar-refractivity contribution < 1.29 is 31.6 Å². The first-order valence-corrected chi connectivity index (χ1v) is 12.4. The van der Waals surface area contributed by atoms with Crippen molar-refractivity contribution in [2.45, 2.75) is 51.8 Å². The molecule has 0 atom stereocenters. The average molecular weight is 562 g/mol. The van der Waals surface area contributed by atoms with Gasteiger partial charge in [-0.15, -0.1) is 0 Å². The van der Waals surface area contributed by atoms with Gasteiger partial charge in [-0.3, -0.25) is 9.78 Å². The standard InChI is InChI=1S/C28H24ClF4N3O3/c1-27(2,3)38-24(37)10-6-9-23-21(29)14-17(15-34-23)25-35-26(39-36-25)16-11-12-18(20(13-16)28(31,32)33)19-7-4-5-8-22(19)30/h4-5,7-8,11-15H,6,9-10H2,1-3H3. The third-order valence-electron chi connectivity index (χ3n) is 5.55. The average Bonchev–Trinajstić information content (AvgIpc) is 3.34. The Bertz CT molecular complexity index is 1500. The summed E-state index contributed by atoms with van der Waals surface area (Å²) in [7, 11) is 0. The molecule has 4 rings (SSSR count). The second kappa shape index (κ2) is 11.1. The molecule has 0 amide bonds. The lowest BCUT2D eigenvalue weighted by Gasteiger charge is -2.19. The van der Waals surface area contributed by atoms with Crippen LogP contribution in [-0.4, -0.2) is 26.7 Å². The van der Waals surface area contributed by atoms with Gasteiger partial charge >= 0.3 is 12.1 Å². The van der Waals surface area contributed by atoms with E-state index in [-0.39, 0.29) is 40.8 Å². The minimum atomic E-state index is -4.76. The van der Waals surface area contributed by atoms with Crippen molar-refractivity contribution in [2.24, 2.45) is 0 Å². The molecule has 0 aliphatic carbocycles. The van der Waals surface area contributed by atoms with Crippen molar-refractivity contribution in [1.82, 2.24) is 15.1 Å². The Morgan fingerprint density at radius 3 is 2.44 bits per heavy atom. The van der Waals surface area contributed by atoms with Gasteiger partial charge in [0, 0.05) is 29.3 Å². The smallest absolute Gasteiger partial charge is 0.417 e. The molecule has 0 N–H and O–H groups in total. The molecule has 0 fully saturated rings. The molecule has 6 nitrogen and oxygen atoms in total. The molecule has 0 aliphatic heterocycles. The van der Waals surface area contributed by atoms with Crippen molar-refractivity contribution >= 4 is 17.6 Å². The van der Waals surface area contributed by atoms with E-state index in [0.717, 1.165) is 12.1 Å². The van der Waals surface area contributed by atoms with E-state index in [0.29, 0.717) is 29.1 Å². The normalized spacial score (nSPS) is 12.0. The Balaban J connectivity index is 1.53. The Morgan fingerprint density at radius 2 is 1.77 bits per heavy atom. The van der Waals surface area contributed by atoms with Gasteiger partial charge in [0.1, 0.15) is 11.4 Å². The second-order valence-corrected chi connectivity index (χ2v) is 10.2. The molecule has 2 aromatic carbocycles. The summed E-state index contributed by atoms with van der Waals surface area (Å²) in [4.78, 5) is 20.4. The number of carbonyl (C=O) groups excluding carboxylic acids is 1. The van der Waals surface area contributed by atoms with Crippen LogP contribution in [0.25, 0.3) is 34.0 Å². The van der Waals surface area contributed by atoms with E-state index >= 15 is 0 Å². The van der Waals surface area contributed by atoms with Gasteiger partial charge in [0.05, 0.1) is 16.3 Å². The van der Waals surface area contributed by atoms with Crippen LogP contribution in [0.5, 0.6) is 0 Å². The minimum Gasteiger partial charge on any atom is -0.460 e. The highest BCUT2D eigenvalue weighted by atomic mass is 35.5. The van der Waals surface area contributed by atoms with Gasteiger partial charge in [-0.25, -0.2) is 4.39 Å². The van der Waals surface area contributed by atoms with Gasteiger partial charge in [0.2, 0.25) is 5.82 Å². The number of esters is 1. The SMILES string of the molecule is CC(C)(C)OC(=O)CCCc1ncc(-c2noc(-c3ccc(-c4ccccc4F)c(C(F)(F)F)c3)n2)cc1Cl. The maximum Gasteiger partial charge on any atom is 0.417 e. The second-order valence-electron chi connectivity index (χ2n) is 9.75. The van der Waals surface area contributed by atoms with Crippen LogP contribution in [0.3, 0.4) is 0 Å². The number of benzene rings is 2. The molecular formula is C28H24ClF4N3O3. The fraction of sp³-hybridized carbons (Fsp3) is 0.286. The van der Waals surface area contributed by atoms with Crippen LogP contribution in [0.1, 0.15) is 44.9 Å². The molecule has 4 aromatic rings. The van der Waals surface area contributed by atoms with Gasteiger partial charge in [-0.05, 0) is 63.4 Å². The highest BCUT2D eigenvalue weighted by Gasteiger charge is 2.35. The van der Waals surface area contributed by atoms with E-state index < -0.39 is 23.2 Å². The first kappa shape index (κ1) is 28.2. The van der Waals surface area contributed by atoms with Crippen molar-refractivity contribution in [3.8, 4) is 34.0 Å². The monoisotopic (exact) mass is 561 g/mol. The first-order valence-electron chi connectivity index (χ1n) is 12.0. The Kier molecular flexibility index (Phi) is 8.06. The molecular weight excluding hydrogens is 538 g/mol. The van der Waals surface area contributed by atoms with Crippen LogP contribution >= 0.6 is 11.6 Å². The van der Waals surface area contributed by atoms with Crippen LogP contribution < -0.4 is 0 Å². The summed E-state index contributed by atoms with van der Waals surface area (Å²) in [6.45, 7) is 5.38. The maximum atomic E-state index is 14.2. The van der Waals surface area contributed by atoms with E-state index in [2.05, 4.69) is 15.1 Å². The fourth-order valence-electron chi connectivity index (χ4n) is 3.85. The molecule has 0 bridgehead atoms. The van der Waals surface area contributed by atoms with Gasteiger partial charge in [-0.1, -0.05) is 41.0 Å². The zero-order valence-corrected chi connectivity index (χ0v) is 22.0. The zero-order chi connectivity index (χ0) is 28.4. The van der Waals surface area contributed by atoms with E-state index in [9.17, 15) is 22.4 Å². The molecule has 0 radical (unpaired) electrons. The number of nitrogens with zero attached hydrogens (tertiary/aromatic N) is 3. The van der Waals surface area contributed by atoms with E-state index in [1.807, 2.05) is 0 Å². The first-order chi connectivity index (χ1) is 18.3. The predicted octanol–water partition coefficient (Wildman–Crippen LogP) is 7.94. The quantitative estimate of drug-likeness (QED) is 0.168. The molecule has 0 saturated heterocycles. The number of aromatic nitrogens is 3. The Hall–Kier alpha value is -3.79. The summed E-state index contributed by atoms with van der Waals surface area (Å²) < 4.78 is 66.4. The molecule has 0 aliphatic rings. The van der Waals surface area contributed by atoms with Crippen molar-refractivity contribution in [3.63, 3.8) is 0 Å². The lowest BCUT2D eigenvalue weighted by molar-refractivity contribution is -0.154. The van der Waals surface area contributed by atoms with E-state index in [4.69, 9.17) is 20.9 Å². The number of aryl methyl sites for hydroxylation is 1. The molecule has 39 heavy (non-hydrogen) atoms. The molecule has 11 heteroatoms. The van der Waals surface area contributed by atoms with Crippen LogP contribution in [-0.2, 0) is 22.1 Å². The predicted molar refractivity (Wildman–Crippen MR) is 137 cm³/mol. The molecule has 0 unspecified atom stereocenters. The fourth-order valence-corrected chi connectivity index (χ4v) is 4.11. The number of alkyl halides is 3. The summed E-state index contributed by atoms with van der Waals surface area (Å²) in [5.41, 5.74) is -1.11. The molecule has 2 aromatic heterocycles. The molecule has 0 saturated carbocycles. The highest BCUT2D eigenvalue weighted by Crippen LogP contribution is 2.40. The van der Waals surface area contributed by atoms with Gasteiger partial charge in [0.25, 0.3) is 5.89 Å². The van der Waals surface area contributed by atoms with Gasteiger partial charge in [-0.2, -0.15) is 18.2 Å². The van der Waals surface area contributed by atoms with Crippen LogP contribution in [0.4, 0.5) is 17.6 Å². The summed E-state index contributed by atoms with van der Waals surface area (Å²) >= 11 is 6.36. The summed E-state index contributed by atoms with van der Waals surface area (Å²) in [6, 6.07) is 10.2. The number of hydrogen-bond donors (Lipinski definition) is 0. The van der Waals surface area contributed by atoms with Crippen LogP contribution in [0.2, 0.25) is 5.02 Å². The molecule has 2 heterocycles. The van der Waals surface area contributed by atoms with Gasteiger partial charge < -0.3 is 9.26 Å². The van der Waals surface area contributed by atoms with E-state index in [1.165, 1.54) is 36.5 Å². The summed E-state index contributed by atoms with van der Waals surface area (Å²) in [5, 5.41) is 4.17. The number of ether oxygens (including phenoxy) is 1. The lowest BCUT2D eigenvalue weighted by atomic mass is 9.96. The third-order valence-corrected chi connectivity index (χ3v) is 5.88. The number of hydrogen-bond acceptors (Lipinski definition) is 6. The number of carbonyl (C=O) groups is 1. The lowest BCUT2D eigenvalue weighted by Crippen LogP contribution is -2.23. The van der Waals surface area contributed by atoms with Crippen LogP contribution in [0, 0.1) is 5.82 Å². The minimum absolute atomic E-state index is 0.0129. The maximum absolute atomic E-state index is 14.2. The summed E-state index contributed by atoms with van der Waals surface area (Å²) in [5.74, 6) is -1.17. The van der Waals surface area contributed by atoms with Crippen molar-refractivity contribution in [1.29, 1.82) is 0 Å². The highest BCUT2D eigenvalue weighted by molar-refractivity contribution is 6.31. The van der Waals surface area contributed by atoms with Crippen molar-refractivity contribution in [3.05, 3.63) is 76.8 Å². The van der Waals surface area contributed by atoms with Crippen LogP contribution in [0.15, 0.2) is 59.3 Å². The Morgan fingerprint density at radius 1 is 1.03 bits per heavy atom. The largest absolute Gasteiger partial charge is 0.460 e. The molecule has 0 spiro atoms. The topological polar surface area (TPSA) is 78.1 Å². The van der Waals surface area contributed by atoms with Gasteiger partial charge in [0.15, 0.2) is 0 Å². The number of halogens is 5. The number of pyridine rings is 1. The number of rotatable bonds is 7.